The zero-order chi connectivity index (χ0) is 14.7. The molecule has 0 aromatic heterocycles. The van der Waals surface area contributed by atoms with Gasteiger partial charge in [-0.2, -0.15) is 0 Å². The maximum atomic E-state index is 11.9. The Bertz CT molecular complexity index is 530. The Labute approximate surface area is 117 Å². The highest BCUT2D eigenvalue weighted by atomic mass is 16.6. The maximum absolute atomic E-state index is 11.9. The van der Waals surface area contributed by atoms with Gasteiger partial charge in [-0.15, -0.1) is 0 Å². The number of likely N-dealkylation sites (tertiary alicyclic amines) is 1. The quantitative estimate of drug-likeness (QED) is 0.662. The number of hydrogen-bond donors (Lipinski definition) is 1. The predicted molar refractivity (Wildman–Crippen MR) is 76.5 cm³/mol. The van der Waals surface area contributed by atoms with Gasteiger partial charge in [0.05, 0.1) is 4.92 Å². The molecular weight excluding hydrogens is 258 g/mol. The van der Waals surface area contributed by atoms with E-state index < -0.39 is 4.92 Å². The minimum absolute atomic E-state index is 0.0451. The number of carbonyl (C=O) groups excluding carboxylic acids is 1. The largest absolute Gasteiger partial charge is 0.383 e. The van der Waals surface area contributed by atoms with Crippen molar-refractivity contribution in [2.45, 2.75) is 26.3 Å². The first-order valence-electron chi connectivity index (χ1n) is 6.78. The lowest BCUT2D eigenvalue weighted by Gasteiger charge is -2.16. The topological polar surface area (TPSA) is 75.5 Å². The van der Waals surface area contributed by atoms with Crippen LogP contribution in [0.2, 0.25) is 0 Å². The number of nitro groups is 1. The monoisotopic (exact) mass is 277 g/mol. The van der Waals surface area contributed by atoms with Crippen molar-refractivity contribution in [2.75, 3.05) is 18.9 Å². The SMILES string of the molecule is CCC1CC(=O)N(Cc2ccc(NC)c([N+](=O)[O-])c2)C1. The highest BCUT2D eigenvalue weighted by molar-refractivity contribution is 5.78. The lowest BCUT2D eigenvalue weighted by molar-refractivity contribution is -0.384. The summed E-state index contributed by atoms with van der Waals surface area (Å²) in [6, 6.07) is 5.05. The highest BCUT2D eigenvalue weighted by Crippen LogP contribution is 2.27. The molecule has 1 aromatic carbocycles. The molecule has 1 N–H and O–H groups in total. The molecule has 1 aliphatic rings. The molecule has 1 unspecified atom stereocenters. The zero-order valence-electron chi connectivity index (χ0n) is 11.8. The fourth-order valence-electron chi connectivity index (χ4n) is 2.54. The van der Waals surface area contributed by atoms with E-state index in [1.165, 1.54) is 0 Å². The van der Waals surface area contributed by atoms with Crippen LogP contribution in [0.4, 0.5) is 11.4 Å². The predicted octanol–water partition coefficient (Wildman–Crippen LogP) is 2.40. The van der Waals surface area contributed by atoms with Crippen LogP contribution in [-0.4, -0.2) is 29.3 Å². The van der Waals surface area contributed by atoms with Crippen molar-refractivity contribution >= 4 is 17.3 Å². The molecule has 1 saturated heterocycles. The summed E-state index contributed by atoms with van der Waals surface area (Å²) in [5, 5.41) is 13.8. The van der Waals surface area contributed by atoms with Gasteiger partial charge in [0, 0.05) is 32.6 Å². The number of hydrogen-bond acceptors (Lipinski definition) is 4. The second-order valence-electron chi connectivity index (χ2n) is 5.11. The summed E-state index contributed by atoms with van der Waals surface area (Å²) in [6.07, 6.45) is 1.58. The molecule has 0 saturated carbocycles. The van der Waals surface area contributed by atoms with Gasteiger partial charge in [0.25, 0.3) is 5.69 Å². The second-order valence-corrected chi connectivity index (χ2v) is 5.11. The molecule has 1 atom stereocenters. The Morgan fingerprint density at radius 1 is 1.50 bits per heavy atom. The van der Waals surface area contributed by atoms with Gasteiger partial charge in [0.15, 0.2) is 0 Å². The van der Waals surface area contributed by atoms with E-state index in [1.54, 1.807) is 24.1 Å². The summed E-state index contributed by atoms with van der Waals surface area (Å²) < 4.78 is 0. The molecule has 108 valence electrons. The minimum atomic E-state index is -0.407. The van der Waals surface area contributed by atoms with Crippen LogP contribution in [0.1, 0.15) is 25.3 Å². The van der Waals surface area contributed by atoms with Crippen LogP contribution in [0.25, 0.3) is 0 Å². The molecule has 1 heterocycles. The number of carbonyl (C=O) groups is 1. The molecule has 0 spiro atoms. The van der Waals surface area contributed by atoms with Crippen molar-refractivity contribution in [1.29, 1.82) is 0 Å². The van der Waals surface area contributed by atoms with Crippen LogP contribution in [0.5, 0.6) is 0 Å². The maximum Gasteiger partial charge on any atom is 0.292 e. The standard InChI is InChI=1S/C14H19N3O3/c1-3-10-7-14(18)16(8-10)9-11-4-5-12(15-2)13(6-11)17(19)20/h4-6,10,15H,3,7-9H2,1-2H3. The minimum Gasteiger partial charge on any atom is -0.383 e. The summed E-state index contributed by atoms with van der Waals surface area (Å²) in [6.45, 7) is 3.27. The Morgan fingerprint density at radius 2 is 2.25 bits per heavy atom. The summed E-state index contributed by atoms with van der Waals surface area (Å²) in [5.41, 5.74) is 1.32. The normalized spacial score (nSPS) is 18.4. The van der Waals surface area contributed by atoms with Crippen LogP contribution >= 0.6 is 0 Å². The fourth-order valence-corrected chi connectivity index (χ4v) is 2.54. The Balaban J connectivity index is 2.16. The first kappa shape index (κ1) is 14.3. The molecule has 0 bridgehead atoms. The van der Waals surface area contributed by atoms with E-state index in [0.29, 0.717) is 24.6 Å². The zero-order valence-corrected chi connectivity index (χ0v) is 11.8. The number of amides is 1. The van der Waals surface area contributed by atoms with Crippen molar-refractivity contribution in [1.82, 2.24) is 4.90 Å². The number of benzene rings is 1. The highest BCUT2D eigenvalue weighted by Gasteiger charge is 2.28. The lowest BCUT2D eigenvalue weighted by Crippen LogP contribution is -2.24. The van der Waals surface area contributed by atoms with Gasteiger partial charge >= 0.3 is 0 Å². The average molecular weight is 277 g/mol. The molecular formula is C14H19N3O3. The van der Waals surface area contributed by atoms with Gasteiger partial charge in [0.2, 0.25) is 5.91 Å². The molecule has 1 aliphatic heterocycles. The molecule has 20 heavy (non-hydrogen) atoms. The van der Waals surface area contributed by atoms with Crippen LogP contribution < -0.4 is 5.32 Å². The van der Waals surface area contributed by atoms with Crippen molar-refractivity contribution in [2.24, 2.45) is 5.92 Å². The van der Waals surface area contributed by atoms with E-state index in [9.17, 15) is 14.9 Å². The van der Waals surface area contributed by atoms with Crippen LogP contribution in [-0.2, 0) is 11.3 Å². The number of anilines is 1. The van der Waals surface area contributed by atoms with Crippen LogP contribution in [0, 0.1) is 16.0 Å². The Kier molecular flexibility index (Phi) is 4.22. The summed E-state index contributed by atoms with van der Waals surface area (Å²) in [5.74, 6) is 0.547. The molecule has 0 aliphatic carbocycles. The number of rotatable bonds is 5. The molecule has 6 heteroatoms. The number of nitro benzene ring substituents is 1. The lowest BCUT2D eigenvalue weighted by atomic mass is 10.1. The van der Waals surface area contributed by atoms with Gasteiger partial charge in [-0.1, -0.05) is 19.4 Å². The molecule has 1 fully saturated rings. The molecule has 2 rings (SSSR count). The van der Waals surface area contributed by atoms with E-state index in [1.807, 2.05) is 6.07 Å². The van der Waals surface area contributed by atoms with Gasteiger partial charge < -0.3 is 10.2 Å². The van der Waals surface area contributed by atoms with E-state index in [2.05, 4.69) is 12.2 Å². The van der Waals surface area contributed by atoms with E-state index in [0.717, 1.165) is 18.5 Å². The first-order valence-corrected chi connectivity index (χ1v) is 6.78. The Morgan fingerprint density at radius 3 is 2.80 bits per heavy atom. The third-order valence-corrected chi connectivity index (χ3v) is 3.77. The van der Waals surface area contributed by atoms with Gasteiger partial charge in [-0.25, -0.2) is 0 Å². The third kappa shape index (κ3) is 2.89. The third-order valence-electron chi connectivity index (χ3n) is 3.77. The van der Waals surface area contributed by atoms with Gasteiger partial charge in [-0.3, -0.25) is 14.9 Å². The summed E-state index contributed by atoms with van der Waals surface area (Å²) >= 11 is 0. The molecule has 0 radical (unpaired) electrons. The van der Waals surface area contributed by atoms with Crippen molar-refractivity contribution < 1.29 is 9.72 Å². The van der Waals surface area contributed by atoms with E-state index in [4.69, 9.17) is 0 Å². The van der Waals surface area contributed by atoms with E-state index in [-0.39, 0.29) is 11.6 Å². The molecule has 6 nitrogen and oxygen atoms in total. The average Bonchev–Trinajstić information content (AvgIpc) is 2.79. The fraction of sp³-hybridized carbons (Fsp3) is 0.500. The smallest absolute Gasteiger partial charge is 0.292 e. The molecule has 1 aromatic rings. The van der Waals surface area contributed by atoms with Gasteiger partial charge in [0.1, 0.15) is 5.69 Å². The number of nitrogens with zero attached hydrogens (tertiary/aromatic N) is 2. The van der Waals surface area contributed by atoms with Gasteiger partial charge in [-0.05, 0) is 17.5 Å². The second kappa shape index (κ2) is 5.90. The molecule has 1 amide bonds. The summed E-state index contributed by atoms with van der Waals surface area (Å²) in [4.78, 5) is 24.3. The van der Waals surface area contributed by atoms with Crippen LogP contribution in [0.3, 0.4) is 0 Å². The van der Waals surface area contributed by atoms with Crippen molar-refractivity contribution in [3.8, 4) is 0 Å². The van der Waals surface area contributed by atoms with Crippen molar-refractivity contribution in [3.63, 3.8) is 0 Å². The number of nitrogens with one attached hydrogen (secondary N) is 1. The first-order chi connectivity index (χ1) is 9.55. The van der Waals surface area contributed by atoms with E-state index >= 15 is 0 Å². The van der Waals surface area contributed by atoms with Crippen LogP contribution in [0.15, 0.2) is 18.2 Å². The van der Waals surface area contributed by atoms with Crippen molar-refractivity contribution in [3.05, 3.63) is 33.9 Å². The Hall–Kier alpha value is -2.11. The summed E-state index contributed by atoms with van der Waals surface area (Å²) in [7, 11) is 1.65.